The van der Waals surface area contributed by atoms with Crippen molar-refractivity contribution in [2.24, 2.45) is 5.41 Å². The summed E-state index contributed by atoms with van der Waals surface area (Å²) in [6, 6.07) is 12.9. The minimum absolute atomic E-state index is 0.0902. The Morgan fingerprint density at radius 2 is 1.72 bits per heavy atom. The molecule has 0 radical (unpaired) electrons. The van der Waals surface area contributed by atoms with Crippen LogP contribution in [0.1, 0.15) is 39.4 Å². The van der Waals surface area contributed by atoms with Gasteiger partial charge in [0.1, 0.15) is 6.04 Å². The lowest BCUT2D eigenvalue weighted by molar-refractivity contribution is -0.133. The fraction of sp³-hybridized carbons (Fsp3) is 0.400. The first kappa shape index (κ1) is 18.9. The molecule has 25 heavy (non-hydrogen) atoms. The molecule has 0 spiro atoms. The fourth-order valence-corrected chi connectivity index (χ4v) is 2.36. The molecule has 0 saturated heterocycles. The molecule has 2 aromatic carbocycles. The fourth-order valence-electron chi connectivity index (χ4n) is 2.36. The van der Waals surface area contributed by atoms with Crippen molar-refractivity contribution in [2.75, 3.05) is 6.54 Å². The van der Waals surface area contributed by atoms with Crippen LogP contribution >= 0.6 is 0 Å². The van der Waals surface area contributed by atoms with Crippen LogP contribution in [0.2, 0.25) is 0 Å². The highest BCUT2D eigenvalue weighted by Gasteiger charge is 2.25. The monoisotopic (exact) mass is 342 g/mol. The standard InChI is InChI=1S/C20H26N2O3/c1-13(22-19(25)20(2,3)4)18(24)21-12-17(23)16-10-9-14-7-5-6-8-15(14)11-16/h5-11,13,17,23H,12H2,1-4H3,(H,21,24)(H,22,25). The van der Waals surface area contributed by atoms with Gasteiger partial charge in [0.05, 0.1) is 6.10 Å². The SMILES string of the molecule is CC(NC(=O)C(C)(C)C)C(=O)NCC(O)c1ccc2ccccc2c1. The number of amides is 2. The number of aliphatic hydroxyl groups excluding tert-OH is 1. The summed E-state index contributed by atoms with van der Waals surface area (Å²) in [5, 5.41) is 17.8. The van der Waals surface area contributed by atoms with Crippen molar-refractivity contribution in [3.8, 4) is 0 Å². The maximum absolute atomic E-state index is 12.1. The van der Waals surface area contributed by atoms with Crippen LogP contribution in [-0.4, -0.2) is 29.5 Å². The first-order chi connectivity index (χ1) is 11.7. The van der Waals surface area contributed by atoms with E-state index < -0.39 is 17.6 Å². The largest absolute Gasteiger partial charge is 0.387 e. The summed E-state index contributed by atoms with van der Waals surface area (Å²) in [5.41, 5.74) is 0.185. The van der Waals surface area contributed by atoms with Gasteiger partial charge >= 0.3 is 0 Å². The first-order valence-electron chi connectivity index (χ1n) is 8.44. The van der Waals surface area contributed by atoms with Crippen LogP contribution in [0.5, 0.6) is 0 Å². The average molecular weight is 342 g/mol. The molecule has 0 heterocycles. The molecular formula is C20H26N2O3. The number of carbonyl (C=O) groups excluding carboxylic acids is 2. The molecule has 2 aromatic rings. The quantitative estimate of drug-likeness (QED) is 0.781. The molecule has 0 fully saturated rings. The molecule has 5 heteroatoms. The Morgan fingerprint density at radius 1 is 1.08 bits per heavy atom. The van der Waals surface area contributed by atoms with Gasteiger partial charge in [-0.1, -0.05) is 57.2 Å². The van der Waals surface area contributed by atoms with Crippen molar-refractivity contribution in [1.29, 1.82) is 0 Å². The highest BCUT2D eigenvalue weighted by atomic mass is 16.3. The predicted octanol–water partition coefficient (Wildman–Crippen LogP) is 2.54. The summed E-state index contributed by atoms with van der Waals surface area (Å²) in [7, 11) is 0. The van der Waals surface area contributed by atoms with E-state index in [-0.39, 0.29) is 18.4 Å². The van der Waals surface area contributed by atoms with E-state index in [9.17, 15) is 14.7 Å². The Hall–Kier alpha value is -2.40. The van der Waals surface area contributed by atoms with Crippen molar-refractivity contribution in [3.05, 3.63) is 48.0 Å². The third kappa shape index (κ3) is 5.03. The van der Waals surface area contributed by atoms with Gasteiger partial charge in [-0.05, 0) is 29.3 Å². The van der Waals surface area contributed by atoms with Gasteiger partial charge < -0.3 is 15.7 Å². The van der Waals surface area contributed by atoms with Gasteiger partial charge in [-0.2, -0.15) is 0 Å². The van der Waals surface area contributed by atoms with Crippen molar-refractivity contribution in [1.82, 2.24) is 10.6 Å². The van der Waals surface area contributed by atoms with E-state index in [2.05, 4.69) is 10.6 Å². The number of nitrogens with one attached hydrogen (secondary N) is 2. The van der Waals surface area contributed by atoms with Crippen LogP contribution < -0.4 is 10.6 Å². The Balaban J connectivity index is 1.92. The molecule has 2 atom stereocenters. The van der Waals surface area contributed by atoms with Crippen LogP contribution in [0.15, 0.2) is 42.5 Å². The smallest absolute Gasteiger partial charge is 0.242 e. The molecule has 5 nitrogen and oxygen atoms in total. The van der Waals surface area contributed by atoms with Crippen molar-refractivity contribution < 1.29 is 14.7 Å². The topological polar surface area (TPSA) is 78.4 Å². The molecule has 0 saturated carbocycles. The zero-order chi connectivity index (χ0) is 18.6. The summed E-state index contributed by atoms with van der Waals surface area (Å²) >= 11 is 0. The summed E-state index contributed by atoms with van der Waals surface area (Å²) in [5.74, 6) is -0.511. The Labute approximate surface area is 148 Å². The minimum atomic E-state index is -0.806. The normalized spacial score (nSPS) is 14.0. The molecule has 2 unspecified atom stereocenters. The zero-order valence-electron chi connectivity index (χ0n) is 15.2. The molecule has 3 N–H and O–H groups in total. The second-order valence-corrected chi connectivity index (χ2v) is 7.31. The van der Waals surface area contributed by atoms with E-state index in [1.165, 1.54) is 0 Å². The van der Waals surface area contributed by atoms with Crippen LogP contribution in [0.3, 0.4) is 0 Å². The molecule has 2 rings (SSSR count). The average Bonchev–Trinajstić information content (AvgIpc) is 2.57. The van der Waals surface area contributed by atoms with E-state index in [0.717, 1.165) is 16.3 Å². The summed E-state index contributed by atoms with van der Waals surface area (Å²) in [6.07, 6.45) is -0.806. The number of benzene rings is 2. The maximum Gasteiger partial charge on any atom is 0.242 e. The van der Waals surface area contributed by atoms with Crippen molar-refractivity contribution in [2.45, 2.75) is 39.8 Å². The number of carbonyl (C=O) groups is 2. The van der Waals surface area contributed by atoms with Crippen LogP contribution in [0.4, 0.5) is 0 Å². The van der Waals surface area contributed by atoms with Crippen LogP contribution in [0, 0.1) is 5.41 Å². The number of hydrogen-bond donors (Lipinski definition) is 3. The van der Waals surface area contributed by atoms with Gasteiger partial charge in [0.15, 0.2) is 0 Å². The maximum atomic E-state index is 12.1. The lowest BCUT2D eigenvalue weighted by Crippen LogP contribution is -2.48. The number of aliphatic hydroxyl groups is 1. The van der Waals surface area contributed by atoms with E-state index in [1.807, 2.05) is 42.5 Å². The lowest BCUT2D eigenvalue weighted by Gasteiger charge is -2.22. The van der Waals surface area contributed by atoms with Crippen molar-refractivity contribution in [3.63, 3.8) is 0 Å². The molecule has 0 aromatic heterocycles. The molecule has 0 aliphatic carbocycles. The van der Waals surface area contributed by atoms with Crippen molar-refractivity contribution >= 4 is 22.6 Å². The van der Waals surface area contributed by atoms with E-state index >= 15 is 0 Å². The number of hydrogen-bond acceptors (Lipinski definition) is 3. The van der Waals surface area contributed by atoms with E-state index in [0.29, 0.717) is 0 Å². The van der Waals surface area contributed by atoms with Gasteiger partial charge in [0, 0.05) is 12.0 Å². The lowest BCUT2D eigenvalue weighted by atomic mass is 9.95. The molecule has 0 aliphatic heterocycles. The third-order valence-electron chi connectivity index (χ3n) is 4.05. The van der Waals surface area contributed by atoms with E-state index in [1.54, 1.807) is 27.7 Å². The Kier molecular flexibility index (Phi) is 5.80. The summed E-state index contributed by atoms with van der Waals surface area (Å²) in [4.78, 5) is 24.0. The van der Waals surface area contributed by atoms with Gasteiger partial charge in [-0.25, -0.2) is 0 Å². The summed E-state index contributed by atoms with van der Waals surface area (Å²) < 4.78 is 0. The van der Waals surface area contributed by atoms with Gasteiger partial charge in [0.2, 0.25) is 11.8 Å². The van der Waals surface area contributed by atoms with Crippen LogP contribution in [0.25, 0.3) is 10.8 Å². The minimum Gasteiger partial charge on any atom is -0.387 e. The van der Waals surface area contributed by atoms with Gasteiger partial charge in [-0.3, -0.25) is 9.59 Å². The first-order valence-corrected chi connectivity index (χ1v) is 8.44. The summed E-state index contributed by atoms with van der Waals surface area (Å²) in [6.45, 7) is 7.08. The second-order valence-electron chi connectivity index (χ2n) is 7.31. The van der Waals surface area contributed by atoms with Gasteiger partial charge in [-0.15, -0.1) is 0 Å². The third-order valence-corrected chi connectivity index (χ3v) is 4.05. The van der Waals surface area contributed by atoms with Gasteiger partial charge in [0.25, 0.3) is 0 Å². The molecule has 0 bridgehead atoms. The van der Waals surface area contributed by atoms with Crippen LogP contribution in [-0.2, 0) is 9.59 Å². The molecule has 0 aliphatic rings. The number of rotatable bonds is 5. The highest BCUT2D eigenvalue weighted by molar-refractivity contribution is 5.89. The van der Waals surface area contributed by atoms with E-state index in [4.69, 9.17) is 0 Å². The molecular weight excluding hydrogens is 316 g/mol. The Morgan fingerprint density at radius 3 is 2.36 bits per heavy atom. The second kappa shape index (κ2) is 7.66. The Bertz CT molecular complexity index is 765. The predicted molar refractivity (Wildman–Crippen MR) is 99.0 cm³/mol. The zero-order valence-corrected chi connectivity index (χ0v) is 15.2. The molecule has 134 valence electrons. The highest BCUT2D eigenvalue weighted by Crippen LogP contribution is 2.20. The molecule has 2 amide bonds. The number of fused-ring (bicyclic) bond motifs is 1.